The third-order valence-electron chi connectivity index (χ3n) is 3.24. The van der Waals surface area contributed by atoms with Crippen molar-refractivity contribution in [2.24, 2.45) is 0 Å². The number of thiazole rings is 1. The van der Waals surface area contributed by atoms with Crippen LogP contribution in [0.1, 0.15) is 30.3 Å². The Hall–Kier alpha value is -1.33. The van der Waals surface area contributed by atoms with Gasteiger partial charge in [-0.1, -0.05) is 6.92 Å². The first-order valence-corrected chi connectivity index (χ1v) is 7.41. The van der Waals surface area contributed by atoms with E-state index >= 15 is 0 Å². The molecule has 0 radical (unpaired) electrons. The maximum Gasteiger partial charge on any atom is 0.151 e. The van der Waals surface area contributed by atoms with Crippen molar-refractivity contribution in [1.29, 1.82) is 0 Å². The van der Waals surface area contributed by atoms with Gasteiger partial charge in [0.15, 0.2) is 5.82 Å². The number of hydrogen-bond donors (Lipinski definition) is 1. The van der Waals surface area contributed by atoms with Crippen molar-refractivity contribution in [3.05, 3.63) is 34.8 Å². The SMILES string of the molecule is CCc1nc(-c2ccncc2F)sc1CNC1CC1. The number of rotatable bonds is 5. The molecular weight excluding hydrogens is 261 g/mol. The van der Waals surface area contributed by atoms with Crippen LogP contribution in [-0.2, 0) is 13.0 Å². The van der Waals surface area contributed by atoms with Gasteiger partial charge in [-0.15, -0.1) is 11.3 Å². The van der Waals surface area contributed by atoms with Crippen molar-refractivity contribution >= 4 is 11.3 Å². The largest absolute Gasteiger partial charge is 0.309 e. The molecule has 2 aromatic heterocycles. The Morgan fingerprint density at radius 3 is 3.00 bits per heavy atom. The molecule has 5 heteroatoms. The van der Waals surface area contributed by atoms with Gasteiger partial charge in [-0.05, 0) is 25.3 Å². The minimum absolute atomic E-state index is 0.305. The highest BCUT2D eigenvalue weighted by Crippen LogP contribution is 2.30. The molecule has 0 spiro atoms. The number of nitrogens with zero attached hydrogens (tertiary/aromatic N) is 2. The fraction of sp³-hybridized carbons (Fsp3) is 0.429. The summed E-state index contributed by atoms with van der Waals surface area (Å²) in [6, 6.07) is 2.36. The van der Waals surface area contributed by atoms with Gasteiger partial charge in [0.1, 0.15) is 5.01 Å². The molecule has 0 amide bonds. The van der Waals surface area contributed by atoms with Crippen LogP contribution in [0.3, 0.4) is 0 Å². The van der Waals surface area contributed by atoms with Gasteiger partial charge in [0, 0.05) is 29.2 Å². The minimum Gasteiger partial charge on any atom is -0.309 e. The predicted molar refractivity (Wildman–Crippen MR) is 74.5 cm³/mol. The van der Waals surface area contributed by atoms with Crippen molar-refractivity contribution in [3.63, 3.8) is 0 Å². The van der Waals surface area contributed by atoms with E-state index in [4.69, 9.17) is 0 Å². The summed E-state index contributed by atoms with van der Waals surface area (Å²) < 4.78 is 13.7. The summed E-state index contributed by atoms with van der Waals surface area (Å²) in [5.74, 6) is -0.305. The minimum atomic E-state index is -0.305. The van der Waals surface area contributed by atoms with Crippen molar-refractivity contribution in [2.45, 2.75) is 38.8 Å². The molecule has 0 aliphatic heterocycles. The summed E-state index contributed by atoms with van der Waals surface area (Å²) in [6.45, 7) is 2.93. The maximum absolute atomic E-state index is 13.7. The molecule has 1 saturated carbocycles. The van der Waals surface area contributed by atoms with Crippen LogP contribution in [0.2, 0.25) is 0 Å². The van der Waals surface area contributed by atoms with Crippen LogP contribution in [0.15, 0.2) is 18.5 Å². The number of aromatic nitrogens is 2. The molecule has 0 unspecified atom stereocenters. The Kier molecular flexibility index (Phi) is 3.57. The number of hydrogen-bond acceptors (Lipinski definition) is 4. The first-order valence-electron chi connectivity index (χ1n) is 6.59. The number of halogens is 1. The summed E-state index contributed by atoms with van der Waals surface area (Å²) >= 11 is 1.58. The summed E-state index contributed by atoms with van der Waals surface area (Å²) in [4.78, 5) is 9.57. The first-order chi connectivity index (χ1) is 9.28. The third kappa shape index (κ3) is 2.82. The van der Waals surface area contributed by atoms with E-state index in [1.54, 1.807) is 23.6 Å². The van der Waals surface area contributed by atoms with Crippen LogP contribution in [0.25, 0.3) is 10.6 Å². The molecule has 0 saturated heterocycles. The van der Waals surface area contributed by atoms with E-state index in [1.807, 2.05) is 0 Å². The summed E-state index contributed by atoms with van der Waals surface area (Å²) in [6.07, 6.45) is 6.26. The zero-order valence-corrected chi connectivity index (χ0v) is 11.6. The Bertz CT molecular complexity index is 578. The maximum atomic E-state index is 13.7. The number of pyridine rings is 1. The Morgan fingerprint density at radius 2 is 2.32 bits per heavy atom. The molecule has 3 nitrogen and oxygen atoms in total. The van der Waals surface area contributed by atoms with E-state index in [2.05, 4.69) is 22.2 Å². The summed E-state index contributed by atoms with van der Waals surface area (Å²) in [5.41, 5.74) is 1.62. The van der Waals surface area contributed by atoms with Gasteiger partial charge < -0.3 is 5.32 Å². The third-order valence-corrected chi connectivity index (χ3v) is 4.38. The molecule has 0 atom stereocenters. The summed E-state index contributed by atoms with van der Waals surface area (Å²) in [5, 5.41) is 4.25. The molecule has 19 heavy (non-hydrogen) atoms. The normalized spacial score (nSPS) is 14.8. The lowest BCUT2D eigenvalue weighted by molar-refractivity contribution is 0.625. The fourth-order valence-electron chi connectivity index (χ4n) is 1.99. The molecule has 0 aromatic carbocycles. The van der Waals surface area contributed by atoms with Crippen molar-refractivity contribution < 1.29 is 4.39 Å². The highest BCUT2D eigenvalue weighted by Gasteiger charge is 2.21. The fourth-order valence-corrected chi connectivity index (χ4v) is 3.11. The molecule has 1 fully saturated rings. The second kappa shape index (κ2) is 5.35. The van der Waals surface area contributed by atoms with Crippen LogP contribution >= 0.6 is 11.3 Å². The molecule has 1 N–H and O–H groups in total. The Balaban J connectivity index is 1.87. The van der Waals surface area contributed by atoms with Crippen LogP contribution in [0.5, 0.6) is 0 Å². The van der Waals surface area contributed by atoms with E-state index in [0.29, 0.717) is 11.6 Å². The molecule has 0 bridgehead atoms. The van der Waals surface area contributed by atoms with E-state index in [1.165, 1.54) is 23.9 Å². The zero-order valence-electron chi connectivity index (χ0n) is 10.8. The van der Waals surface area contributed by atoms with Crippen LogP contribution < -0.4 is 5.32 Å². The topological polar surface area (TPSA) is 37.8 Å². The van der Waals surface area contributed by atoms with Gasteiger partial charge in [0.05, 0.1) is 11.9 Å². The molecule has 3 rings (SSSR count). The van der Waals surface area contributed by atoms with Gasteiger partial charge in [0.2, 0.25) is 0 Å². The second-order valence-electron chi connectivity index (χ2n) is 4.75. The van der Waals surface area contributed by atoms with Gasteiger partial charge >= 0.3 is 0 Å². The first kappa shape index (κ1) is 12.7. The molecular formula is C14H16FN3S. The predicted octanol–water partition coefficient (Wildman–Crippen LogP) is 3.16. The van der Waals surface area contributed by atoms with E-state index in [0.717, 1.165) is 23.7 Å². The number of aryl methyl sites for hydroxylation is 1. The molecule has 2 aromatic rings. The average Bonchev–Trinajstić information content (AvgIpc) is 3.16. The highest BCUT2D eigenvalue weighted by atomic mass is 32.1. The summed E-state index contributed by atoms with van der Waals surface area (Å²) in [7, 11) is 0. The lowest BCUT2D eigenvalue weighted by Crippen LogP contribution is -2.15. The monoisotopic (exact) mass is 277 g/mol. The van der Waals surface area contributed by atoms with Crippen molar-refractivity contribution in [1.82, 2.24) is 15.3 Å². The van der Waals surface area contributed by atoms with Crippen LogP contribution in [0.4, 0.5) is 4.39 Å². The average molecular weight is 277 g/mol. The molecule has 100 valence electrons. The van der Waals surface area contributed by atoms with Gasteiger partial charge in [-0.3, -0.25) is 4.98 Å². The highest BCUT2D eigenvalue weighted by molar-refractivity contribution is 7.15. The molecule has 1 aliphatic rings. The van der Waals surface area contributed by atoms with E-state index < -0.39 is 0 Å². The van der Waals surface area contributed by atoms with Crippen molar-refractivity contribution in [2.75, 3.05) is 0 Å². The van der Waals surface area contributed by atoms with Crippen LogP contribution in [-0.4, -0.2) is 16.0 Å². The number of nitrogens with one attached hydrogen (secondary N) is 1. The van der Waals surface area contributed by atoms with E-state index in [9.17, 15) is 4.39 Å². The quantitative estimate of drug-likeness (QED) is 0.912. The second-order valence-corrected chi connectivity index (χ2v) is 5.84. The van der Waals surface area contributed by atoms with Gasteiger partial charge in [0.25, 0.3) is 0 Å². The van der Waals surface area contributed by atoms with E-state index in [-0.39, 0.29) is 5.82 Å². The van der Waals surface area contributed by atoms with Gasteiger partial charge in [-0.2, -0.15) is 0 Å². The lowest BCUT2D eigenvalue weighted by Gasteiger charge is -2.00. The standard InChI is InChI=1S/C14H16FN3S/c1-2-12-13(8-17-9-3-4-9)19-14(18-12)10-5-6-16-7-11(10)15/h5-7,9,17H,2-4,8H2,1H3. The zero-order chi connectivity index (χ0) is 13.2. The Labute approximate surface area is 115 Å². The molecule has 2 heterocycles. The van der Waals surface area contributed by atoms with Crippen molar-refractivity contribution in [3.8, 4) is 10.6 Å². The smallest absolute Gasteiger partial charge is 0.151 e. The molecule has 1 aliphatic carbocycles. The Morgan fingerprint density at radius 1 is 1.47 bits per heavy atom. The van der Waals surface area contributed by atoms with Crippen LogP contribution in [0, 0.1) is 5.82 Å². The lowest BCUT2D eigenvalue weighted by atomic mass is 10.2. The van der Waals surface area contributed by atoms with Gasteiger partial charge in [-0.25, -0.2) is 9.37 Å².